The van der Waals surface area contributed by atoms with Crippen molar-refractivity contribution in [2.24, 2.45) is 0 Å². The lowest BCUT2D eigenvalue weighted by Gasteiger charge is -2.19. The van der Waals surface area contributed by atoms with Crippen LogP contribution in [0.1, 0.15) is 40.7 Å². The molecule has 1 saturated heterocycles. The van der Waals surface area contributed by atoms with Crippen LogP contribution in [0.4, 0.5) is 5.69 Å². The number of nitrogens with one attached hydrogen (secondary N) is 1. The molecular formula is C23H27N3O2. The number of nitrogens with zero attached hydrogens (tertiary/aromatic N) is 2. The minimum absolute atomic E-state index is 0.0365. The highest BCUT2D eigenvalue weighted by molar-refractivity contribution is 5.94. The van der Waals surface area contributed by atoms with Crippen molar-refractivity contribution in [3.05, 3.63) is 65.2 Å². The minimum Gasteiger partial charge on any atom is -0.371 e. The number of benzene rings is 2. The fourth-order valence-electron chi connectivity index (χ4n) is 4.07. The fourth-order valence-corrected chi connectivity index (χ4v) is 4.07. The zero-order valence-corrected chi connectivity index (χ0v) is 16.2. The SMILES string of the molecule is O=C(NCCCN1CCc2ccccc21)c1ccc(CN2CCCC2=O)cc1. The van der Waals surface area contributed by atoms with Crippen LogP contribution < -0.4 is 10.2 Å². The summed E-state index contributed by atoms with van der Waals surface area (Å²) >= 11 is 0. The number of anilines is 1. The van der Waals surface area contributed by atoms with Crippen LogP contribution in [0, 0.1) is 0 Å². The van der Waals surface area contributed by atoms with E-state index < -0.39 is 0 Å². The third-order valence-corrected chi connectivity index (χ3v) is 5.63. The van der Waals surface area contributed by atoms with Gasteiger partial charge in [0.25, 0.3) is 5.91 Å². The first-order chi connectivity index (χ1) is 13.7. The number of amides is 2. The number of carbonyl (C=O) groups is 2. The first-order valence-corrected chi connectivity index (χ1v) is 10.2. The highest BCUT2D eigenvalue weighted by Gasteiger charge is 2.20. The largest absolute Gasteiger partial charge is 0.371 e. The van der Waals surface area contributed by atoms with Crippen LogP contribution >= 0.6 is 0 Å². The molecule has 2 aliphatic heterocycles. The molecule has 2 aromatic rings. The highest BCUT2D eigenvalue weighted by Crippen LogP contribution is 2.27. The van der Waals surface area contributed by atoms with Crippen LogP contribution in [0.15, 0.2) is 48.5 Å². The van der Waals surface area contributed by atoms with E-state index in [4.69, 9.17) is 0 Å². The van der Waals surface area contributed by atoms with Crippen LogP contribution in [-0.2, 0) is 17.8 Å². The Kier molecular flexibility index (Phi) is 5.60. The molecule has 1 N–H and O–H groups in total. The number of hydrogen-bond acceptors (Lipinski definition) is 3. The maximum atomic E-state index is 12.4. The number of hydrogen-bond donors (Lipinski definition) is 1. The van der Waals surface area contributed by atoms with Crippen LogP contribution in [0.25, 0.3) is 0 Å². The molecule has 146 valence electrons. The predicted molar refractivity (Wildman–Crippen MR) is 110 cm³/mol. The van der Waals surface area contributed by atoms with Crippen molar-refractivity contribution >= 4 is 17.5 Å². The molecule has 2 aliphatic rings. The molecule has 0 radical (unpaired) electrons. The third-order valence-electron chi connectivity index (χ3n) is 5.63. The quantitative estimate of drug-likeness (QED) is 0.755. The van der Waals surface area contributed by atoms with E-state index in [2.05, 4.69) is 34.5 Å². The zero-order valence-electron chi connectivity index (χ0n) is 16.2. The van der Waals surface area contributed by atoms with Gasteiger partial charge in [-0.25, -0.2) is 0 Å². The van der Waals surface area contributed by atoms with Gasteiger partial charge in [-0.05, 0) is 48.6 Å². The smallest absolute Gasteiger partial charge is 0.251 e. The standard InChI is InChI=1S/C23H27N3O2/c27-22-7-3-14-26(22)17-18-8-10-20(11-9-18)23(28)24-13-4-15-25-16-12-19-5-1-2-6-21(19)25/h1-2,5-6,8-11H,3-4,7,12-17H2,(H,24,28). The summed E-state index contributed by atoms with van der Waals surface area (Å²) in [5, 5.41) is 3.02. The Morgan fingerprint density at radius 3 is 2.57 bits per heavy atom. The lowest BCUT2D eigenvalue weighted by molar-refractivity contribution is -0.128. The number of likely N-dealkylation sites (tertiary alicyclic amines) is 1. The number of para-hydroxylation sites is 1. The molecule has 2 aromatic carbocycles. The molecule has 0 aliphatic carbocycles. The summed E-state index contributed by atoms with van der Waals surface area (Å²) in [4.78, 5) is 28.4. The zero-order chi connectivity index (χ0) is 19.3. The Hall–Kier alpha value is -2.82. The second-order valence-electron chi connectivity index (χ2n) is 7.59. The van der Waals surface area contributed by atoms with Crippen molar-refractivity contribution in [1.29, 1.82) is 0 Å². The Morgan fingerprint density at radius 2 is 1.79 bits per heavy atom. The Bertz CT molecular complexity index is 847. The Balaban J connectivity index is 1.21. The van der Waals surface area contributed by atoms with Gasteiger partial charge < -0.3 is 15.1 Å². The molecule has 1 fully saturated rings. The number of carbonyl (C=O) groups excluding carboxylic acids is 2. The third kappa shape index (κ3) is 4.19. The molecule has 0 unspecified atom stereocenters. The molecule has 0 atom stereocenters. The lowest BCUT2D eigenvalue weighted by Crippen LogP contribution is -2.29. The van der Waals surface area contributed by atoms with Gasteiger partial charge in [0.2, 0.25) is 5.91 Å². The van der Waals surface area contributed by atoms with Crippen LogP contribution in [0.5, 0.6) is 0 Å². The topological polar surface area (TPSA) is 52.7 Å². The summed E-state index contributed by atoms with van der Waals surface area (Å²) in [6, 6.07) is 16.1. The minimum atomic E-state index is -0.0365. The second kappa shape index (κ2) is 8.46. The normalized spacial score (nSPS) is 15.8. The summed E-state index contributed by atoms with van der Waals surface area (Å²) in [6.07, 6.45) is 3.64. The molecule has 4 rings (SSSR count). The van der Waals surface area contributed by atoms with E-state index in [-0.39, 0.29) is 11.8 Å². The summed E-state index contributed by atoms with van der Waals surface area (Å²) < 4.78 is 0. The van der Waals surface area contributed by atoms with Crippen molar-refractivity contribution in [3.63, 3.8) is 0 Å². The molecule has 2 amide bonds. The van der Waals surface area contributed by atoms with Crippen molar-refractivity contribution in [3.8, 4) is 0 Å². The van der Waals surface area contributed by atoms with Gasteiger partial charge in [0.15, 0.2) is 0 Å². The van der Waals surface area contributed by atoms with Crippen molar-refractivity contribution < 1.29 is 9.59 Å². The predicted octanol–water partition coefficient (Wildman–Crippen LogP) is 2.99. The van der Waals surface area contributed by atoms with Crippen molar-refractivity contribution in [2.45, 2.75) is 32.2 Å². The fraction of sp³-hybridized carbons (Fsp3) is 0.391. The molecule has 0 spiro atoms. The summed E-state index contributed by atoms with van der Waals surface area (Å²) in [6.45, 7) is 4.16. The van der Waals surface area contributed by atoms with Crippen LogP contribution in [-0.4, -0.2) is 42.9 Å². The average Bonchev–Trinajstić information content (AvgIpc) is 3.32. The van der Waals surface area contributed by atoms with Gasteiger partial charge in [-0.1, -0.05) is 30.3 Å². The Morgan fingerprint density at radius 1 is 0.964 bits per heavy atom. The van der Waals surface area contributed by atoms with E-state index in [0.717, 1.165) is 44.5 Å². The van der Waals surface area contributed by atoms with Gasteiger partial charge in [-0.3, -0.25) is 9.59 Å². The van der Waals surface area contributed by atoms with E-state index >= 15 is 0 Å². The van der Waals surface area contributed by atoms with E-state index in [9.17, 15) is 9.59 Å². The van der Waals surface area contributed by atoms with Gasteiger partial charge in [0.05, 0.1) is 0 Å². The highest BCUT2D eigenvalue weighted by atomic mass is 16.2. The first-order valence-electron chi connectivity index (χ1n) is 10.2. The molecule has 5 nitrogen and oxygen atoms in total. The average molecular weight is 377 g/mol. The molecule has 0 saturated carbocycles. The first kappa shape index (κ1) is 18.5. The summed E-state index contributed by atoms with van der Waals surface area (Å²) in [5.74, 6) is 0.188. The molecule has 0 aromatic heterocycles. The molecule has 28 heavy (non-hydrogen) atoms. The van der Waals surface area contributed by atoms with Crippen molar-refractivity contribution in [2.75, 3.05) is 31.1 Å². The second-order valence-corrected chi connectivity index (χ2v) is 7.59. The lowest BCUT2D eigenvalue weighted by atomic mass is 10.1. The van der Waals surface area contributed by atoms with Gasteiger partial charge in [-0.15, -0.1) is 0 Å². The van der Waals surface area contributed by atoms with Gasteiger partial charge >= 0.3 is 0 Å². The van der Waals surface area contributed by atoms with E-state index in [1.807, 2.05) is 29.2 Å². The van der Waals surface area contributed by atoms with E-state index in [0.29, 0.717) is 25.1 Å². The van der Waals surface area contributed by atoms with Gasteiger partial charge in [0.1, 0.15) is 0 Å². The number of rotatable bonds is 7. The maximum absolute atomic E-state index is 12.4. The number of fused-ring (bicyclic) bond motifs is 1. The monoisotopic (exact) mass is 377 g/mol. The van der Waals surface area contributed by atoms with Crippen LogP contribution in [0.3, 0.4) is 0 Å². The van der Waals surface area contributed by atoms with E-state index in [1.165, 1.54) is 11.3 Å². The van der Waals surface area contributed by atoms with E-state index in [1.54, 1.807) is 0 Å². The summed E-state index contributed by atoms with van der Waals surface area (Å²) in [7, 11) is 0. The molecular weight excluding hydrogens is 350 g/mol. The van der Waals surface area contributed by atoms with Crippen LogP contribution in [0.2, 0.25) is 0 Å². The van der Waals surface area contributed by atoms with Gasteiger partial charge in [-0.2, -0.15) is 0 Å². The molecule has 5 heteroatoms. The Labute approximate surface area is 166 Å². The molecule has 2 heterocycles. The summed E-state index contributed by atoms with van der Waals surface area (Å²) in [5.41, 5.74) is 4.49. The van der Waals surface area contributed by atoms with Gasteiger partial charge in [0, 0.05) is 50.4 Å². The maximum Gasteiger partial charge on any atom is 0.251 e. The molecule has 0 bridgehead atoms. The van der Waals surface area contributed by atoms with Crippen molar-refractivity contribution in [1.82, 2.24) is 10.2 Å².